The van der Waals surface area contributed by atoms with Crippen LogP contribution in [0.5, 0.6) is 0 Å². The summed E-state index contributed by atoms with van der Waals surface area (Å²) in [5, 5.41) is 0. The van der Waals surface area contributed by atoms with Gasteiger partial charge in [0.25, 0.3) is 0 Å². The number of hydrogen-bond acceptors (Lipinski definition) is 3. The predicted octanol–water partition coefficient (Wildman–Crippen LogP) is -0.812. The summed E-state index contributed by atoms with van der Waals surface area (Å²) in [6.07, 6.45) is 0. The molecule has 3 N–H and O–H groups in total. The van der Waals surface area contributed by atoms with Crippen molar-refractivity contribution in [2.75, 3.05) is 0 Å². The third-order valence-electron chi connectivity index (χ3n) is 0. The smallest absolute Gasteiger partial charge is 0.324 e. The fourth-order valence-corrected chi connectivity index (χ4v) is 0. The third-order valence-corrected chi connectivity index (χ3v) is 0. The molecule has 0 aromatic carbocycles. The van der Waals surface area contributed by atoms with Crippen LogP contribution in [0.15, 0.2) is 0 Å². The number of hydrogen-bond donors (Lipinski definition) is 3. The average molecular weight is 137 g/mol. The average Bonchev–Trinajstić information content (AvgIpc) is 0.811. The van der Waals surface area contributed by atoms with E-state index in [1.165, 1.54) is 0 Å². The van der Waals surface area contributed by atoms with E-state index in [4.69, 9.17) is 14.7 Å². The molecule has 5 heteroatoms. The summed E-state index contributed by atoms with van der Waals surface area (Å²) in [7, 11) is -2.62. The van der Waals surface area contributed by atoms with Crippen molar-refractivity contribution in [3.05, 3.63) is 0 Å². The van der Waals surface area contributed by atoms with E-state index in [2.05, 4.69) is 0 Å². The van der Waals surface area contributed by atoms with Gasteiger partial charge in [-0.1, -0.05) is 0 Å². The van der Waals surface area contributed by atoms with Gasteiger partial charge in [0.05, 0.1) is 0 Å². The first kappa shape index (κ1) is 9.27. The van der Waals surface area contributed by atoms with Crippen LogP contribution in [0.4, 0.5) is 0 Å². The Morgan fingerprint density at radius 1 is 1.00 bits per heavy atom. The molecule has 3 nitrogen and oxygen atoms in total. The molecule has 0 aliphatic carbocycles. The summed E-state index contributed by atoms with van der Waals surface area (Å²) in [5.41, 5.74) is 0. The summed E-state index contributed by atoms with van der Waals surface area (Å²) in [6, 6.07) is 0. The molecule has 5 heavy (non-hydrogen) atoms. The van der Waals surface area contributed by atoms with Gasteiger partial charge >= 0.3 is 8.60 Å². The quantitative estimate of drug-likeness (QED) is 0.302. The molecular weight excluding hydrogens is 134 g/mol. The van der Waals surface area contributed by atoms with E-state index in [9.17, 15) is 0 Å². The van der Waals surface area contributed by atoms with Crippen molar-refractivity contribution in [3.8, 4) is 0 Å². The van der Waals surface area contributed by atoms with Crippen molar-refractivity contribution in [1.29, 1.82) is 0 Å². The molecule has 0 bridgehead atoms. The van der Waals surface area contributed by atoms with E-state index in [-0.39, 0.29) is 17.1 Å². The molecule has 0 fully saturated rings. The summed E-state index contributed by atoms with van der Waals surface area (Å²) in [5.74, 6) is 0. The molecule has 0 aliphatic rings. The van der Waals surface area contributed by atoms with Crippen molar-refractivity contribution in [2.24, 2.45) is 0 Å². The van der Waals surface area contributed by atoms with Crippen molar-refractivity contribution in [2.45, 2.75) is 0 Å². The normalized spacial score (nSPS) is 7.20. The Labute approximate surface area is 41.1 Å². The summed E-state index contributed by atoms with van der Waals surface area (Å²) in [6.45, 7) is 0. The van der Waals surface area contributed by atoms with Crippen LogP contribution in [-0.2, 0) is 17.1 Å². The molecular formula is H3MnO3P. The Bertz CT molecular complexity index is 11.6. The van der Waals surface area contributed by atoms with Crippen LogP contribution in [0, 0.1) is 0 Å². The second-order valence-corrected chi connectivity index (χ2v) is 0.805. The van der Waals surface area contributed by atoms with Crippen LogP contribution in [0.3, 0.4) is 0 Å². The van der Waals surface area contributed by atoms with Crippen LogP contribution in [0.25, 0.3) is 0 Å². The zero-order valence-corrected chi connectivity index (χ0v) is 4.24. The zero-order valence-electron chi connectivity index (χ0n) is 2.17. The topological polar surface area (TPSA) is 60.7 Å². The fourth-order valence-electron chi connectivity index (χ4n) is 0. The summed E-state index contributed by atoms with van der Waals surface area (Å²) < 4.78 is 0. The standard InChI is InChI=1S/Mn.H3O3P/c;1-4(2)3/h;1-3H. The van der Waals surface area contributed by atoms with Crippen LogP contribution < -0.4 is 0 Å². The number of rotatable bonds is 0. The van der Waals surface area contributed by atoms with Crippen molar-refractivity contribution in [3.63, 3.8) is 0 Å². The summed E-state index contributed by atoms with van der Waals surface area (Å²) in [4.78, 5) is 21.7. The van der Waals surface area contributed by atoms with E-state index in [1.54, 1.807) is 0 Å². The molecule has 0 aromatic heterocycles. The second kappa shape index (κ2) is 4.83. The fraction of sp³-hybridized carbons (Fsp3) is 0. The Balaban J connectivity index is 0. The Morgan fingerprint density at radius 3 is 1.00 bits per heavy atom. The molecule has 0 aromatic rings. The van der Waals surface area contributed by atoms with Crippen molar-refractivity contribution >= 4 is 8.60 Å². The Kier molecular flexibility index (Phi) is 8.96. The Morgan fingerprint density at radius 2 is 1.00 bits per heavy atom. The van der Waals surface area contributed by atoms with E-state index in [1.807, 2.05) is 0 Å². The van der Waals surface area contributed by atoms with Crippen LogP contribution >= 0.6 is 8.60 Å². The van der Waals surface area contributed by atoms with E-state index < -0.39 is 8.60 Å². The molecule has 0 atom stereocenters. The molecule has 0 aliphatic heterocycles. The third kappa shape index (κ3) is 56.2. The van der Waals surface area contributed by atoms with Crippen molar-refractivity contribution < 1.29 is 31.7 Å². The Hall–Kier alpha value is 0.829. The van der Waals surface area contributed by atoms with Gasteiger partial charge in [-0.3, -0.25) is 0 Å². The first-order valence-electron chi connectivity index (χ1n) is 0.600. The van der Waals surface area contributed by atoms with E-state index >= 15 is 0 Å². The molecule has 0 amide bonds. The van der Waals surface area contributed by atoms with Gasteiger partial charge in [-0.25, -0.2) is 0 Å². The van der Waals surface area contributed by atoms with Crippen LogP contribution in [0.2, 0.25) is 0 Å². The van der Waals surface area contributed by atoms with Crippen molar-refractivity contribution in [1.82, 2.24) is 0 Å². The van der Waals surface area contributed by atoms with Gasteiger partial charge in [0.15, 0.2) is 0 Å². The maximum absolute atomic E-state index is 7.23. The molecule has 0 heterocycles. The largest absolute Gasteiger partial charge is 0.328 e. The van der Waals surface area contributed by atoms with Gasteiger partial charge in [0.2, 0.25) is 0 Å². The minimum absolute atomic E-state index is 0. The second-order valence-electron chi connectivity index (χ2n) is 0.268. The predicted molar refractivity (Wildman–Crippen MR) is 13.6 cm³/mol. The summed E-state index contributed by atoms with van der Waals surface area (Å²) >= 11 is 0. The van der Waals surface area contributed by atoms with Gasteiger partial charge < -0.3 is 14.7 Å². The monoisotopic (exact) mass is 137 g/mol. The first-order chi connectivity index (χ1) is 1.73. The molecule has 0 rings (SSSR count). The van der Waals surface area contributed by atoms with E-state index in [0.29, 0.717) is 0 Å². The van der Waals surface area contributed by atoms with Crippen LogP contribution in [-0.4, -0.2) is 14.7 Å². The minimum Gasteiger partial charge on any atom is -0.328 e. The van der Waals surface area contributed by atoms with Crippen LogP contribution in [0.1, 0.15) is 0 Å². The minimum atomic E-state index is -2.62. The maximum atomic E-state index is 7.23. The van der Waals surface area contributed by atoms with Gasteiger partial charge in [-0.2, -0.15) is 0 Å². The molecule has 1 radical (unpaired) electrons. The molecule has 0 spiro atoms. The SMILES string of the molecule is OP(O)O.[Mn]. The van der Waals surface area contributed by atoms with Gasteiger partial charge in [0, 0.05) is 17.1 Å². The van der Waals surface area contributed by atoms with Gasteiger partial charge in [-0.05, 0) is 0 Å². The van der Waals surface area contributed by atoms with Gasteiger partial charge in [-0.15, -0.1) is 0 Å². The molecule has 0 unspecified atom stereocenters. The zero-order chi connectivity index (χ0) is 3.58. The molecule has 0 saturated heterocycles. The maximum Gasteiger partial charge on any atom is 0.324 e. The van der Waals surface area contributed by atoms with E-state index in [0.717, 1.165) is 0 Å². The molecule has 33 valence electrons. The van der Waals surface area contributed by atoms with Gasteiger partial charge in [0.1, 0.15) is 0 Å². The molecule has 0 saturated carbocycles. The first-order valence-corrected chi connectivity index (χ1v) is 1.80.